The molecule has 1 fully saturated rings. The van der Waals surface area contributed by atoms with Crippen molar-refractivity contribution in [2.75, 3.05) is 11.6 Å². The minimum absolute atomic E-state index is 0.00952. The van der Waals surface area contributed by atoms with Crippen molar-refractivity contribution in [2.24, 2.45) is 16.9 Å². The smallest absolute Gasteiger partial charge is 0.338 e. The number of hydrogen-bond donors (Lipinski definition) is 1. The normalized spacial score (nSPS) is 22.1. The Morgan fingerprint density at radius 2 is 2.03 bits per heavy atom. The van der Waals surface area contributed by atoms with E-state index in [-0.39, 0.29) is 23.3 Å². The Morgan fingerprint density at radius 1 is 1.22 bits per heavy atom. The molecule has 2 aliphatic carbocycles. The van der Waals surface area contributed by atoms with Gasteiger partial charge < -0.3 is 9.84 Å². The minimum Gasteiger partial charge on any atom is -0.506 e. The van der Waals surface area contributed by atoms with Gasteiger partial charge in [-0.2, -0.15) is 10.4 Å². The van der Waals surface area contributed by atoms with Crippen LogP contribution in [0.5, 0.6) is 5.75 Å². The van der Waals surface area contributed by atoms with Crippen molar-refractivity contribution in [3.63, 3.8) is 0 Å². The molecule has 2 aromatic carbocycles. The Kier molecular flexibility index (Phi) is 5.34. The van der Waals surface area contributed by atoms with Crippen molar-refractivity contribution >= 4 is 17.4 Å². The second kappa shape index (κ2) is 8.31. The van der Waals surface area contributed by atoms with Crippen LogP contribution in [0.3, 0.4) is 0 Å². The van der Waals surface area contributed by atoms with Gasteiger partial charge in [-0.1, -0.05) is 18.9 Å². The molecular weight excluding hydrogens is 402 g/mol. The molecule has 0 spiro atoms. The molecule has 1 N–H and O–H groups in total. The van der Waals surface area contributed by atoms with E-state index in [1.165, 1.54) is 25.7 Å². The van der Waals surface area contributed by atoms with Crippen molar-refractivity contribution in [1.29, 1.82) is 5.26 Å². The quantitative estimate of drug-likeness (QED) is 0.707. The molecule has 3 aliphatic rings. The standard InChI is InChI=1S/C26H27N3O3/c1-2-32-26(31)18-9-11-21-17(13-18)8-12-22-24(21)28-29(25(22)16-5-3-4-6-16)20-10-7-19(15-27)23(30)14-20/h7,9-11,13-14,16,22,25,30H,2-6,8,12H2,1H3/t22-,25-/m0/s1. The highest BCUT2D eigenvalue weighted by Gasteiger charge is 2.45. The van der Waals surface area contributed by atoms with Crippen LogP contribution in [0.25, 0.3) is 0 Å². The van der Waals surface area contributed by atoms with Crippen LogP contribution in [0.15, 0.2) is 41.5 Å². The van der Waals surface area contributed by atoms with Crippen molar-refractivity contribution < 1.29 is 14.6 Å². The number of carbonyl (C=O) groups is 1. The summed E-state index contributed by atoms with van der Waals surface area (Å²) < 4.78 is 5.17. The lowest BCUT2D eigenvalue weighted by Gasteiger charge is -2.34. The van der Waals surface area contributed by atoms with E-state index >= 15 is 0 Å². The molecule has 0 saturated heterocycles. The number of phenolic OH excluding ortho intramolecular Hbond substituents is 1. The fraction of sp³-hybridized carbons (Fsp3) is 0.423. The number of carbonyl (C=O) groups excluding carboxylic acids is 1. The van der Waals surface area contributed by atoms with E-state index in [0.29, 0.717) is 24.0 Å². The molecule has 164 valence electrons. The van der Waals surface area contributed by atoms with Crippen LogP contribution in [-0.2, 0) is 11.2 Å². The number of nitriles is 1. The number of aryl methyl sites for hydroxylation is 1. The maximum atomic E-state index is 12.2. The number of phenols is 1. The van der Waals surface area contributed by atoms with E-state index in [1.807, 2.05) is 37.3 Å². The van der Waals surface area contributed by atoms with Gasteiger partial charge in [0.1, 0.15) is 11.8 Å². The van der Waals surface area contributed by atoms with Gasteiger partial charge >= 0.3 is 5.97 Å². The molecule has 0 radical (unpaired) electrons. The zero-order valence-corrected chi connectivity index (χ0v) is 18.3. The molecule has 0 unspecified atom stereocenters. The number of hydrazone groups is 1. The summed E-state index contributed by atoms with van der Waals surface area (Å²) in [5.74, 6) is 0.574. The van der Waals surface area contributed by atoms with Crippen LogP contribution in [0.2, 0.25) is 0 Å². The number of anilines is 1. The topological polar surface area (TPSA) is 85.9 Å². The molecule has 6 nitrogen and oxygen atoms in total. The summed E-state index contributed by atoms with van der Waals surface area (Å²) in [6.07, 6.45) is 6.76. The van der Waals surface area contributed by atoms with E-state index in [0.717, 1.165) is 35.4 Å². The van der Waals surface area contributed by atoms with Crippen LogP contribution in [0.4, 0.5) is 5.69 Å². The van der Waals surface area contributed by atoms with E-state index in [1.54, 1.807) is 12.1 Å². The number of aromatic hydroxyl groups is 1. The lowest BCUT2D eigenvalue weighted by atomic mass is 9.75. The lowest BCUT2D eigenvalue weighted by molar-refractivity contribution is 0.0526. The van der Waals surface area contributed by atoms with Crippen molar-refractivity contribution in [3.8, 4) is 11.8 Å². The number of ether oxygens (including phenoxy) is 1. The molecule has 1 heterocycles. The lowest BCUT2D eigenvalue weighted by Crippen LogP contribution is -2.40. The predicted molar refractivity (Wildman–Crippen MR) is 122 cm³/mol. The molecule has 2 atom stereocenters. The van der Waals surface area contributed by atoms with Gasteiger partial charge in [-0.3, -0.25) is 5.01 Å². The predicted octanol–water partition coefficient (Wildman–Crippen LogP) is 4.79. The molecule has 0 amide bonds. The number of rotatable bonds is 4. The minimum atomic E-state index is -0.288. The van der Waals surface area contributed by atoms with E-state index < -0.39 is 0 Å². The van der Waals surface area contributed by atoms with E-state index in [2.05, 4.69) is 5.01 Å². The molecular formula is C26H27N3O3. The van der Waals surface area contributed by atoms with Crippen LogP contribution >= 0.6 is 0 Å². The molecule has 32 heavy (non-hydrogen) atoms. The van der Waals surface area contributed by atoms with Gasteiger partial charge in [0.05, 0.1) is 35.2 Å². The molecule has 2 aromatic rings. The van der Waals surface area contributed by atoms with Crippen molar-refractivity contribution in [1.82, 2.24) is 0 Å². The monoisotopic (exact) mass is 429 g/mol. The third-order valence-electron chi connectivity index (χ3n) is 7.13. The molecule has 0 aromatic heterocycles. The summed E-state index contributed by atoms with van der Waals surface area (Å²) in [5.41, 5.74) is 5.00. The van der Waals surface area contributed by atoms with Gasteiger partial charge in [0.15, 0.2) is 0 Å². The second-order valence-electron chi connectivity index (χ2n) is 8.92. The Bertz CT molecular complexity index is 1130. The zero-order valence-electron chi connectivity index (χ0n) is 18.3. The van der Waals surface area contributed by atoms with Gasteiger partial charge in [-0.05, 0) is 68.4 Å². The average molecular weight is 430 g/mol. The van der Waals surface area contributed by atoms with Crippen LogP contribution < -0.4 is 5.01 Å². The van der Waals surface area contributed by atoms with Crippen LogP contribution in [0, 0.1) is 23.2 Å². The summed E-state index contributed by atoms with van der Waals surface area (Å²) in [6, 6.07) is 13.3. The van der Waals surface area contributed by atoms with Crippen LogP contribution in [0.1, 0.15) is 66.1 Å². The second-order valence-corrected chi connectivity index (χ2v) is 8.92. The van der Waals surface area contributed by atoms with Crippen molar-refractivity contribution in [3.05, 3.63) is 58.7 Å². The SMILES string of the molecule is CCOC(=O)c1ccc2c(c1)CC[C@H]1C2=NN(c2ccc(C#N)c(O)c2)[C@H]1C1CCCC1. The average Bonchev–Trinajstić information content (AvgIpc) is 3.46. The molecule has 0 bridgehead atoms. The van der Waals surface area contributed by atoms with Crippen LogP contribution in [-0.4, -0.2) is 29.4 Å². The third kappa shape index (κ3) is 3.42. The number of esters is 1. The molecule has 5 rings (SSSR count). The maximum absolute atomic E-state index is 12.2. The highest BCUT2D eigenvalue weighted by Crippen LogP contribution is 2.45. The first kappa shape index (κ1) is 20.6. The summed E-state index contributed by atoms with van der Waals surface area (Å²) in [5, 5.41) is 26.7. The van der Waals surface area contributed by atoms with Gasteiger partial charge in [0.25, 0.3) is 0 Å². The van der Waals surface area contributed by atoms with Crippen molar-refractivity contribution in [2.45, 2.75) is 51.5 Å². The molecule has 6 heteroatoms. The third-order valence-corrected chi connectivity index (χ3v) is 7.13. The van der Waals surface area contributed by atoms with Gasteiger partial charge in [0, 0.05) is 17.5 Å². The zero-order chi connectivity index (χ0) is 22.2. The maximum Gasteiger partial charge on any atom is 0.338 e. The largest absolute Gasteiger partial charge is 0.506 e. The van der Waals surface area contributed by atoms with Gasteiger partial charge in [-0.15, -0.1) is 0 Å². The number of nitrogens with zero attached hydrogens (tertiary/aromatic N) is 3. The number of hydrogen-bond acceptors (Lipinski definition) is 6. The number of benzene rings is 2. The molecule has 1 saturated carbocycles. The van der Waals surface area contributed by atoms with Gasteiger partial charge in [-0.25, -0.2) is 4.79 Å². The Morgan fingerprint density at radius 3 is 2.75 bits per heavy atom. The first-order chi connectivity index (χ1) is 15.6. The fourth-order valence-electron chi connectivity index (χ4n) is 5.67. The van der Waals surface area contributed by atoms with E-state index in [9.17, 15) is 15.2 Å². The Hall–Kier alpha value is -3.33. The summed E-state index contributed by atoms with van der Waals surface area (Å²) in [7, 11) is 0. The fourth-order valence-corrected chi connectivity index (χ4v) is 5.67. The summed E-state index contributed by atoms with van der Waals surface area (Å²) >= 11 is 0. The number of fused-ring (bicyclic) bond motifs is 3. The first-order valence-corrected chi connectivity index (χ1v) is 11.5. The Balaban J connectivity index is 1.55. The highest BCUT2D eigenvalue weighted by atomic mass is 16.5. The Labute approximate surface area is 188 Å². The van der Waals surface area contributed by atoms with E-state index in [4.69, 9.17) is 9.84 Å². The summed E-state index contributed by atoms with van der Waals surface area (Å²) in [6.45, 7) is 2.17. The highest BCUT2D eigenvalue weighted by molar-refractivity contribution is 6.07. The first-order valence-electron chi connectivity index (χ1n) is 11.5. The molecule has 1 aliphatic heterocycles. The summed E-state index contributed by atoms with van der Waals surface area (Å²) in [4.78, 5) is 12.2. The van der Waals surface area contributed by atoms with Gasteiger partial charge in [0.2, 0.25) is 0 Å².